The van der Waals surface area contributed by atoms with Crippen molar-refractivity contribution in [2.45, 2.75) is 43.8 Å². The normalized spacial score (nSPS) is 23.4. The average Bonchev–Trinajstić information content (AvgIpc) is 2.66. The smallest absolute Gasteiger partial charge is 0.150 e. The number of nitrogens with two attached hydrogens (primary N) is 1. The number of hydrogen-bond donors (Lipinski definition) is 2. The molecule has 0 radical (unpaired) electrons. The zero-order valence-electron chi connectivity index (χ0n) is 16.6. The topological polar surface area (TPSA) is 81.4 Å². The van der Waals surface area contributed by atoms with Crippen molar-refractivity contribution in [3.63, 3.8) is 0 Å². The third-order valence-corrected chi connectivity index (χ3v) is 8.27. The van der Waals surface area contributed by atoms with E-state index in [1.807, 2.05) is 6.07 Å². The second-order valence-corrected chi connectivity index (χ2v) is 10.5. The van der Waals surface area contributed by atoms with Gasteiger partial charge in [-0.25, -0.2) is 8.42 Å². The second kappa shape index (κ2) is 8.93. The van der Waals surface area contributed by atoms with Gasteiger partial charge in [-0.05, 0) is 99.2 Å². The zero-order valence-corrected chi connectivity index (χ0v) is 17.4. The number of fused-ring (bicyclic) bond motifs is 1. The first-order chi connectivity index (χ1) is 12.9. The van der Waals surface area contributed by atoms with Crippen molar-refractivity contribution in [3.05, 3.63) is 29.3 Å². The number of benzene rings is 1. The van der Waals surface area contributed by atoms with E-state index in [-0.39, 0.29) is 17.1 Å². The van der Waals surface area contributed by atoms with Crippen LogP contribution in [0.4, 0.5) is 0 Å². The van der Waals surface area contributed by atoms with E-state index in [2.05, 4.69) is 17.4 Å². The van der Waals surface area contributed by atoms with E-state index in [9.17, 15) is 8.42 Å². The summed E-state index contributed by atoms with van der Waals surface area (Å²) < 4.78 is 31.1. The van der Waals surface area contributed by atoms with Gasteiger partial charge in [0.05, 0.1) is 12.4 Å². The van der Waals surface area contributed by atoms with Crippen LogP contribution in [0.5, 0.6) is 5.75 Å². The Bertz CT molecular complexity index is 729. The molecule has 1 saturated heterocycles. The van der Waals surface area contributed by atoms with Gasteiger partial charge in [-0.3, -0.25) is 0 Å². The van der Waals surface area contributed by atoms with E-state index < -0.39 is 9.84 Å². The van der Waals surface area contributed by atoms with Crippen LogP contribution in [0.1, 0.15) is 36.8 Å². The molecule has 152 valence electrons. The van der Waals surface area contributed by atoms with Crippen LogP contribution in [0, 0.1) is 17.8 Å². The van der Waals surface area contributed by atoms with Crippen molar-refractivity contribution in [2.75, 3.05) is 33.0 Å². The molecule has 3 unspecified atom stereocenters. The van der Waals surface area contributed by atoms with Crippen molar-refractivity contribution in [2.24, 2.45) is 23.5 Å². The Balaban J connectivity index is 1.88. The monoisotopic (exact) mass is 394 g/mol. The van der Waals surface area contributed by atoms with Crippen molar-refractivity contribution >= 4 is 9.84 Å². The molecule has 6 heteroatoms. The Labute approximate surface area is 164 Å². The highest BCUT2D eigenvalue weighted by Crippen LogP contribution is 2.40. The quantitative estimate of drug-likeness (QED) is 0.741. The van der Waals surface area contributed by atoms with Crippen molar-refractivity contribution in [3.8, 4) is 5.75 Å². The maximum absolute atomic E-state index is 12.9. The van der Waals surface area contributed by atoms with Crippen molar-refractivity contribution in [1.82, 2.24) is 5.32 Å². The molecule has 1 fully saturated rings. The van der Waals surface area contributed by atoms with E-state index in [0.29, 0.717) is 12.5 Å². The van der Waals surface area contributed by atoms with Crippen molar-refractivity contribution < 1.29 is 13.2 Å². The summed E-state index contributed by atoms with van der Waals surface area (Å²) in [7, 11) is -1.44. The molecular weight excluding hydrogens is 360 g/mol. The average molecular weight is 395 g/mol. The van der Waals surface area contributed by atoms with Gasteiger partial charge >= 0.3 is 0 Å². The summed E-state index contributed by atoms with van der Waals surface area (Å²) in [5.41, 5.74) is 8.64. The Kier molecular flexibility index (Phi) is 6.82. The van der Waals surface area contributed by atoms with Gasteiger partial charge in [-0.15, -0.1) is 0 Å². The van der Waals surface area contributed by atoms with Crippen molar-refractivity contribution in [1.29, 1.82) is 0 Å². The minimum absolute atomic E-state index is 0.132. The molecule has 0 saturated carbocycles. The summed E-state index contributed by atoms with van der Waals surface area (Å²) in [5, 5.41) is 3.09. The summed E-state index contributed by atoms with van der Waals surface area (Å²) in [6.45, 7) is 2.37. The lowest BCUT2D eigenvalue weighted by molar-refractivity contribution is 0.214. The van der Waals surface area contributed by atoms with E-state index in [1.54, 1.807) is 7.11 Å². The molecule has 3 N–H and O–H groups in total. The first-order valence-corrected chi connectivity index (χ1v) is 12.1. The third kappa shape index (κ3) is 4.84. The maximum atomic E-state index is 12.9. The molecule has 27 heavy (non-hydrogen) atoms. The van der Waals surface area contributed by atoms with Crippen LogP contribution in [0.3, 0.4) is 0 Å². The molecule has 0 aromatic heterocycles. The highest BCUT2D eigenvalue weighted by molar-refractivity contribution is 7.91. The number of rotatable bonds is 7. The summed E-state index contributed by atoms with van der Waals surface area (Å²) in [5.74, 6) is 1.61. The van der Waals surface area contributed by atoms with Crippen LogP contribution >= 0.6 is 0 Å². The van der Waals surface area contributed by atoms with Crippen LogP contribution in [-0.4, -0.2) is 46.7 Å². The standard InChI is InChI=1S/C21H34N2O3S/c1-26-19-6-5-15-3-4-17(13-18(15)14-19)20(7-10-22)21(27(2,24)25)16-8-11-23-12-9-16/h5-6,14,16-17,20-21,23H,3-4,7-13,22H2,1-2H3. The van der Waals surface area contributed by atoms with Crippen LogP contribution in [0.15, 0.2) is 18.2 Å². The predicted octanol–water partition coefficient (Wildman–Crippen LogP) is 2.18. The lowest BCUT2D eigenvalue weighted by atomic mass is 9.71. The van der Waals surface area contributed by atoms with Gasteiger partial charge in [0, 0.05) is 6.26 Å². The summed E-state index contributed by atoms with van der Waals surface area (Å²) in [6.07, 6.45) is 7.07. The van der Waals surface area contributed by atoms with Crippen LogP contribution in [0.2, 0.25) is 0 Å². The van der Waals surface area contributed by atoms with E-state index in [0.717, 1.165) is 57.4 Å². The highest BCUT2D eigenvalue weighted by Gasteiger charge is 2.41. The Morgan fingerprint density at radius 1 is 1.19 bits per heavy atom. The van der Waals surface area contributed by atoms with Gasteiger partial charge in [0.2, 0.25) is 0 Å². The number of hydrogen-bond acceptors (Lipinski definition) is 5. The molecule has 0 amide bonds. The number of aryl methyl sites for hydroxylation is 1. The van der Waals surface area contributed by atoms with Gasteiger partial charge < -0.3 is 15.8 Å². The number of methoxy groups -OCH3 is 1. The molecule has 1 aliphatic heterocycles. The van der Waals surface area contributed by atoms with Crippen LogP contribution < -0.4 is 15.8 Å². The van der Waals surface area contributed by atoms with E-state index in [1.165, 1.54) is 17.4 Å². The van der Waals surface area contributed by atoms with Gasteiger partial charge in [0.1, 0.15) is 5.75 Å². The summed E-state index contributed by atoms with van der Waals surface area (Å²) in [6, 6.07) is 6.30. The molecule has 1 aromatic carbocycles. The summed E-state index contributed by atoms with van der Waals surface area (Å²) in [4.78, 5) is 0. The molecule has 0 spiro atoms. The number of piperidine rings is 1. The number of sulfone groups is 1. The third-order valence-electron chi connectivity index (χ3n) is 6.55. The van der Waals surface area contributed by atoms with Gasteiger partial charge in [-0.1, -0.05) is 6.07 Å². The van der Waals surface area contributed by atoms with E-state index >= 15 is 0 Å². The minimum atomic E-state index is -3.13. The fourth-order valence-electron chi connectivity index (χ4n) is 5.30. The zero-order chi connectivity index (χ0) is 19.4. The molecule has 1 heterocycles. The second-order valence-electron chi connectivity index (χ2n) is 8.26. The van der Waals surface area contributed by atoms with Gasteiger partial charge in [0.15, 0.2) is 9.84 Å². The predicted molar refractivity (Wildman–Crippen MR) is 110 cm³/mol. The molecule has 2 aliphatic rings. The fraction of sp³-hybridized carbons (Fsp3) is 0.714. The molecule has 5 nitrogen and oxygen atoms in total. The first-order valence-electron chi connectivity index (χ1n) is 10.2. The summed E-state index contributed by atoms with van der Waals surface area (Å²) >= 11 is 0. The Hall–Kier alpha value is -1.11. The lowest BCUT2D eigenvalue weighted by Crippen LogP contribution is -2.45. The molecule has 0 bridgehead atoms. The SMILES string of the molecule is COc1ccc2c(c1)CC(C(CCN)C(C1CCNCC1)S(C)(=O)=O)CC2. The van der Waals surface area contributed by atoms with Gasteiger partial charge in [-0.2, -0.15) is 0 Å². The fourth-order valence-corrected chi connectivity index (χ4v) is 7.27. The molecule has 1 aromatic rings. The number of ether oxygens (including phenoxy) is 1. The minimum Gasteiger partial charge on any atom is -0.497 e. The lowest BCUT2D eigenvalue weighted by Gasteiger charge is -2.40. The number of nitrogens with one attached hydrogen (secondary N) is 1. The van der Waals surface area contributed by atoms with Crippen LogP contribution in [0.25, 0.3) is 0 Å². The Morgan fingerprint density at radius 2 is 1.93 bits per heavy atom. The molecule has 3 atom stereocenters. The van der Waals surface area contributed by atoms with E-state index in [4.69, 9.17) is 10.5 Å². The molecule has 1 aliphatic carbocycles. The first kappa shape index (κ1) is 20.6. The Morgan fingerprint density at radius 3 is 2.56 bits per heavy atom. The molecular formula is C21H34N2O3S. The highest BCUT2D eigenvalue weighted by atomic mass is 32.2. The van der Waals surface area contributed by atoms with Gasteiger partial charge in [0.25, 0.3) is 0 Å². The maximum Gasteiger partial charge on any atom is 0.150 e. The molecule has 3 rings (SSSR count). The van der Waals surface area contributed by atoms with Crippen LogP contribution in [-0.2, 0) is 22.7 Å². The largest absolute Gasteiger partial charge is 0.497 e.